The summed E-state index contributed by atoms with van der Waals surface area (Å²) in [4.78, 5) is 17.6. The lowest BCUT2D eigenvalue weighted by atomic mass is 10.1. The van der Waals surface area contributed by atoms with Crippen LogP contribution in [0.5, 0.6) is 0 Å². The standard InChI is InChI=1S/C20H16N2O2S/c1-12-5-8-17-16(10-12)22-20(24-17)14-7-6-13(2)15(11-14)21-19(23)18-4-3-9-25-18/h3-11H,1-2H3,(H,21,23). The third-order valence-corrected chi connectivity index (χ3v) is 4.89. The zero-order valence-corrected chi connectivity index (χ0v) is 14.7. The van der Waals surface area contributed by atoms with Crippen LogP contribution in [0, 0.1) is 13.8 Å². The molecule has 2 heterocycles. The van der Waals surface area contributed by atoms with E-state index in [0.29, 0.717) is 10.8 Å². The number of carbonyl (C=O) groups excluding carboxylic acids is 1. The van der Waals surface area contributed by atoms with E-state index in [2.05, 4.69) is 10.3 Å². The summed E-state index contributed by atoms with van der Waals surface area (Å²) in [6, 6.07) is 15.4. The first-order valence-electron chi connectivity index (χ1n) is 7.93. The van der Waals surface area contributed by atoms with Gasteiger partial charge in [0.05, 0.1) is 4.88 Å². The fourth-order valence-electron chi connectivity index (χ4n) is 2.64. The van der Waals surface area contributed by atoms with Crippen LogP contribution in [-0.2, 0) is 0 Å². The first-order chi connectivity index (χ1) is 12.1. The van der Waals surface area contributed by atoms with Crippen LogP contribution >= 0.6 is 11.3 Å². The quantitative estimate of drug-likeness (QED) is 0.537. The smallest absolute Gasteiger partial charge is 0.265 e. The minimum atomic E-state index is -0.108. The Hall–Kier alpha value is -2.92. The molecule has 0 unspecified atom stereocenters. The molecule has 0 atom stereocenters. The first-order valence-corrected chi connectivity index (χ1v) is 8.81. The van der Waals surface area contributed by atoms with Gasteiger partial charge in [0.2, 0.25) is 5.89 Å². The third kappa shape index (κ3) is 3.06. The maximum atomic E-state index is 12.3. The summed E-state index contributed by atoms with van der Waals surface area (Å²) in [6.07, 6.45) is 0. The maximum Gasteiger partial charge on any atom is 0.265 e. The monoisotopic (exact) mass is 348 g/mol. The second-order valence-electron chi connectivity index (χ2n) is 5.95. The summed E-state index contributed by atoms with van der Waals surface area (Å²) in [5.74, 6) is 0.440. The second kappa shape index (κ2) is 6.18. The van der Waals surface area contributed by atoms with Crippen LogP contribution in [0.2, 0.25) is 0 Å². The molecule has 2 aromatic carbocycles. The fraction of sp³-hybridized carbons (Fsp3) is 0.100. The Balaban J connectivity index is 1.69. The molecule has 0 saturated heterocycles. The molecule has 0 bridgehead atoms. The molecule has 0 spiro atoms. The average molecular weight is 348 g/mol. The summed E-state index contributed by atoms with van der Waals surface area (Å²) in [6.45, 7) is 3.99. The third-order valence-electron chi connectivity index (χ3n) is 4.02. The molecular weight excluding hydrogens is 332 g/mol. The molecule has 0 fully saturated rings. The van der Waals surface area contributed by atoms with Crippen molar-refractivity contribution in [3.63, 3.8) is 0 Å². The molecule has 5 heteroatoms. The molecule has 0 saturated carbocycles. The molecule has 4 nitrogen and oxygen atoms in total. The molecule has 4 aromatic rings. The van der Waals surface area contributed by atoms with Gasteiger partial charge < -0.3 is 9.73 Å². The van der Waals surface area contributed by atoms with Gasteiger partial charge in [0.1, 0.15) is 5.52 Å². The van der Waals surface area contributed by atoms with E-state index in [4.69, 9.17) is 4.42 Å². The van der Waals surface area contributed by atoms with E-state index in [0.717, 1.165) is 33.5 Å². The van der Waals surface area contributed by atoms with Crippen molar-refractivity contribution in [3.05, 3.63) is 69.9 Å². The van der Waals surface area contributed by atoms with Crippen LogP contribution in [-0.4, -0.2) is 10.9 Å². The average Bonchev–Trinajstić information content (AvgIpc) is 3.25. The number of carbonyl (C=O) groups is 1. The Bertz CT molecular complexity index is 1060. The maximum absolute atomic E-state index is 12.3. The second-order valence-corrected chi connectivity index (χ2v) is 6.90. The Labute approximate surface area is 149 Å². The van der Waals surface area contributed by atoms with E-state index < -0.39 is 0 Å². The van der Waals surface area contributed by atoms with Crippen molar-refractivity contribution >= 4 is 34.0 Å². The van der Waals surface area contributed by atoms with E-state index in [9.17, 15) is 4.79 Å². The highest BCUT2D eigenvalue weighted by Crippen LogP contribution is 2.28. The van der Waals surface area contributed by atoms with Crippen molar-refractivity contribution < 1.29 is 9.21 Å². The highest BCUT2D eigenvalue weighted by Gasteiger charge is 2.13. The van der Waals surface area contributed by atoms with Crippen LogP contribution in [0.4, 0.5) is 5.69 Å². The summed E-state index contributed by atoms with van der Waals surface area (Å²) in [5, 5.41) is 4.86. The van der Waals surface area contributed by atoms with Crippen molar-refractivity contribution in [2.24, 2.45) is 0 Å². The zero-order valence-electron chi connectivity index (χ0n) is 13.9. The lowest BCUT2D eigenvalue weighted by Gasteiger charge is -2.08. The van der Waals surface area contributed by atoms with Gasteiger partial charge in [-0.15, -0.1) is 11.3 Å². The molecule has 4 rings (SSSR count). The minimum Gasteiger partial charge on any atom is -0.436 e. The van der Waals surface area contributed by atoms with Crippen molar-refractivity contribution in [1.82, 2.24) is 4.98 Å². The van der Waals surface area contributed by atoms with Gasteiger partial charge in [-0.1, -0.05) is 18.2 Å². The number of aromatic nitrogens is 1. The molecule has 0 aliphatic carbocycles. The van der Waals surface area contributed by atoms with Gasteiger partial charge in [-0.05, 0) is 60.7 Å². The topological polar surface area (TPSA) is 55.1 Å². The number of aryl methyl sites for hydroxylation is 2. The summed E-state index contributed by atoms with van der Waals surface area (Å²) in [5.41, 5.74) is 5.31. The Morgan fingerprint density at radius 3 is 2.80 bits per heavy atom. The van der Waals surface area contributed by atoms with Crippen LogP contribution in [0.1, 0.15) is 20.8 Å². The van der Waals surface area contributed by atoms with Gasteiger partial charge in [0, 0.05) is 11.3 Å². The number of anilines is 1. The molecule has 0 aliphatic rings. The Morgan fingerprint density at radius 1 is 1.12 bits per heavy atom. The van der Waals surface area contributed by atoms with Gasteiger partial charge in [-0.25, -0.2) is 4.98 Å². The molecule has 0 radical (unpaired) electrons. The molecule has 0 aliphatic heterocycles. The van der Waals surface area contributed by atoms with E-state index in [-0.39, 0.29) is 5.91 Å². The van der Waals surface area contributed by atoms with E-state index in [1.807, 2.05) is 67.8 Å². The number of hydrogen-bond donors (Lipinski definition) is 1. The van der Waals surface area contributed by atoms with Crippen LogP contribution in [0.15, 0.2) is 58.3 Å². The number of oxazole rings is 1. The van der Waals surface area contributed by atoms with Crippen molar-refractivity contribution in [3.8, 4) is 11.5 Å². The highest BCUT2D eigenvalue weighted by molar-refractivity contribution is 7.12. The summed E-state index contributed by atoms with van der Waals surface area (Å²) >= 11 is 1.42. The number of fused-ring (bicyclic) bond motifs is 1. The molecule has 124 valence electrons. The summed E-state index contributed by atoms with van der Waals surface area (Å²) < 4.78 is 5.86. The predicted octanol–water partition coefficient (Wildman–Crippen LogP) is 5.43. The van der Waals surface area contributed by atoms with Crippen LogP contribution in [0.25, 0.3) is 22.6 Å². The lowest BCUT2D eigenvalue weighted by molar-refractivity contribution is 0.103. The number of hydrogen-bond acceptors (Lipinski definition) is 4. The van der Waals surface area contributed by atoms with Crippen LogP contribution in [0.3, 0.4) is 0 Å². The molecule has 25 heavy (non-hydrogen) atoms. The first kappa shape index (κ1) is 15.6. The largest absolute Gasteiger partial charge is 0.436 e. The lowest BCUT2D eigenvalue weighted by Crippen LogP contribution is -2.11. The van der Waals surface area contributed by atoms with E-state index in [1.54, 1.807) is 0 Å². The normalized spacial score (nSPS) is 11.0. The van der Waals surface area contributed by atoms with Gasteiger partial charge >= 0.3 is 0 Å². The fourth-order valence-corrected chi connectivity index (χ4v) is 3.26. The van der Waals surface area contributed by atoms with E-state index in [1.165, 1.54) is 11.3 Å². The zero-order chi connectivity index (χ0) is 17.4. The minimum absolute atomic E-state index is 0.108. The molecule has 1 amide bonds. The van der Waals surface area contributed by atoms with Gasteiger partial charge in [0.25, 0.3) is 5.91 Å². The SMILES string of the molecule is Cc1ccc2oc(-c3ccc(C)c(NC(=O)c4cccs4)c3)nc2c1. The van der Waals surface area contributed by atoms with Gasteiger partial charge in [-0.2, -0.15) is 0 Å². The molecule has 2 aromatic heterocycles. The highest BCUT2D eigenvalue weighted by atomic mass is 32.1. The van der Waals surface area contributed by atoms with Crippen LogP contribution < -0.4 is 5.32 Å². The van der Waals surface area contributed by atoms with Crippen molar-refractivity contribution in [2.45, 2.75) is 13.8 Å². The van der Waals surface area contributed by atoms with Gasteiger partial charge in [0.15, 0.2) is 5.58 Å². The number of rotatable bonds is 3. The number of nitrogens with zero attached hydrogens (tertiary/aromatic N) is 1. The Kier molecular flexibility index (Phi) is 3.86. The number of benzene rings is 2. The van der Waals surface area contributed by atoms with Crippen molar-refractivity contribution in [1.29, 1.82) is 0 Å². The summed E-state index contributed by atoms with van der Waals surface area (Å²) in [7, 11) is 0. The predicted molar refractivity (Wildman–Crippen MR) is 101 cm³/mol. The number of amides is 1. The van der Waals surface area contributed by atoms with Crippen molar-refractivity contribution in [2.75, 3.05) is 5.32 Å². The molecule has 1 N–H and O–H groups in total. The van der Waals surface area contributed by atoms with Gasteiger partial charge in [-0.3, -0.25) is 4.79 Å². The Morgan fingerprint density at radius 2 is 2.00 bits per heavy atom. The van der Waals surface area contributed by atoms with E-state index >= 15 is 0 Å². The molecular formula is C20H16N2O2S. The number of nitrogens with one attached hydrogen (secondary N) is 1. The number of thiophene rings is 1.